The number of carboxylic acid groups (broad SMARTS) is 2. The summed E-state index contributed by atoms with van der Waals surface area (Å²) in [7, 11) is 0. The van der Waals surface area contributed by atoms with Gasteiger partial charge < -0.3 is 20.1 Å². The second kappa shape index (κ2) is 10.1. The Bertz CT molecular complexity index is 822. The van der Waals surface area contributed by atoms with Gasteiger partial charge in [0.05, 0.1) is 4.91 Å². The van der Waals surface area contributed by atoms with Crippen LogP contribution in [-0.4, -0.2) is 55.5 Å². The number of carboxylic acids is 2. The standard InChI is InChI=1S/C18H19NO7S2/c20-12-6-5-11(8-13(12)26-10-16(23)24)9-14-17(25)19(18(27)28-14)7-3-1-2-4-15(21)22/h5-6,8-9,20H,1-4,7,10H2,(H,21,22)(H,23,24)/b14-9+. The van der Waals surface area contributed by atoms with E-state index in [1.165, 1.54) is 17.0 Å². The summed E-state index contributed by atoms with van der Waals surface area (Å²) in [5.41, 5.74) is 0.556. The fourth-order valence-electron chi connectivity index (χ4n) is 2.44. The maximum Gasteiger partial charge on any atom is 0.341 e. The van der Waals surface area contributed by atoms with Gasteiger partial charge in [0.15, 0.2) is 18.1 Å². The molecule has 0 unspecified atom stereocenters. The number of phenolic OH excluding ortho intramolecular Hbond substituents is 1. The van der Waals surface area contributed by atoms with Gasteiger partial charge in [-0.05, 0) is 36.6 Å². The van der Waals surface area contributed by atoms with Gasteiger partial charge in [0.1, 0.15) is 4.32 Å². The molecule has 1 aliphatic rings. The highest BCUT2D eigenvalue weighted by Gasteiger charge is 2.31. The normalized spacial score (nSPS) is 15.3. The Hall–Kier alpha value is -2.59. The van der Waals surface area contributed by atoms with E-state index in [0.29, 0.717) is 40.6 Å². The largest absolute Gasteiger partial charge is 0.504 e. The summed E-state index contributed by atoms with van der Waals surface area (Å²) in [6.45, 7) is -0.175. The molecule has 2 rings (SSSR count). The van der Waals surface area contributed by atoms with Crippen molar-refractivity contribution in [2.75, 3.05) is 13.2 Å². The summed E-state index contributed by atoms with van der Waals surface area (Å²) < 4.78 is 5.44. The van der Waals surface area contributed by atoms with Crippen LogP contribution < -0.4 is 4.74 Å². The second-order valence-corrected chi connectivity index (χ2v) is 7.62. The highest BCUT2D eigenvalue weighted by Crippen LogP contribution is 2.34. The molecule has 0 atom stereocenters. The zero-order valence-electron chi connectivity index (χ0n) is 14.8. The van der Waals surface area contributed by atoms with Crippen molar-refractivity contribution < 1.29 is 34.4 Å². The van der Waals surface area contributed by atoms with E-state index in [9.17, 15) is 19.5 Å². The average Bonchev–Trinajstić information content (AvgIpc) is 2.88. The quantitative estimate of drug-likeness (QED) is 0.295. The van der Waals surface area contributed by atoms with E-state index in [1.54, 1.807) is 12.1 Å². The second-order valence-electron chi connectivity index (χ2n) is 5.95. The smallest absolute Gasteiger partial charge is 0.341 e. The maximum absolute atomic E-state index is 12.6. The van der Waals surface area contributed by atoms with Crippen molar-refractivity contribution in [3.05, 3.63) is 28.7 Å². The molecule has 0 spiro atoms. The van der Waals surface area contributed by atoms with Crippen LogP contribution in [0.2, 0.25) is 0 Å². The van der Waals surface area contributed by atoms with Gasteiger partial charge >= 0.3 is 11.9 Å². The molecule has 1 aromatic rings. The molecule has 0 aliphatic carbocycles. The van der Waals surface area contributed by atoms with E-state index < -0.39 is 18.5 Å². The van der Waals surface area contributed by atoms with Crippen molar-refractivity contribution in [3.63, 3.8) is 0 Å². The number of ether oxygens (including phenoxy) is 1. The molecule has 1 aromatic carbocycles. The molecule has 0 radical (unpaired) electrons. The summed E-state index contributed by atoms with van der Waals surface area (Å²) in [5.74, 6) is -2.45. The number of aromatic hydroxyl groups is 1. The van der Waals surface area contributed by atoms with Gasteiger partial charge in [0.2, 0.25) is 0 Å². The number of unbranched alkanes of at least 4 members (excludes halogenated alkanes) is 2. The first kappa shape index (κ1) is 21.7. The summed E-state index contributed by atoms with van der Waals surface area (Å²) in [4.78, 5) is 35.6. The lowest BCUT2D eigenvalue weighted by atomic mass is 10.1. The minimum absolute atomic E-state index is 0.00468. The number of aliphatic carboxylic acids is 2. The maximum atomic E-state index is 12.6. The minimum Gasteiger partial charge on any atom is -0.504 e. The number of hydrogen-bond donors (Lipinski definition) is 3. The lowest BCUT2D eigenvalue weighted by Gasteiger charge is -2.13. The van der Waals surface area contributed by atoms with E-state index in [4.69, 9.17) is 27.2 Å². The predicted molar refractivity (Wildman–Crippen MR) is 107 cm³/mol. The highest BCUT2D eigenvalue weighted by molar-refractivity contribution is 8.26. The Morgan fingerprint density at radius 3 is 2.61 bits per heavy atom. The zero-order valence-corrected chi connectivity index (χ0v) is 16.4. The molecule has 1 aliphatic heterocycles. The summed E-state index contributed by atoms with van der Waals surface area (Å²) in [6, 6.07) is 4.37. The van der Waals surface area contributed by atoms with Crippen molar-refractivity contribution in [1.29, 1.82) is 0 Å². The van der Waals surface area contributed by atoms with Gasteiger partial charge in [-0.25, -0.2) is 4.79 Å². The molecular weight excluding hydrogens is 406 g/mol. The molecule has 3 N–H and O–H groups in total. The molecule has 8 nitrogen and oxygen atoms in total. The molecule has 150 valence electrons. The molecule has 1 saturated heterocycles. The molecule has 10 heteroatoms. The Labute approximate surface area is 170 Å². The van der Waals surface area contributed by atoms with Crippen LogP contribution in [0.1, 0.15) is 31.2 Å². The summed E-state index contributed by atoms with van der Waals surface area (Å²) in [5, 5.41) is 27.0. The molecule has 0 bridgehead atoms. The Kier molecular flexibility index (Phi) is 7.82. The number of hydrogen-bond acceptors (Lipinski definition) is 7. The van der Waals surface area contributed by atoms with Crippen LogP contribution in [0.4, 0.5) is 0 Å². The van der Waals surface area contributed by atoms with Crippen molar-refractivity contribution in [2.24, 2.45) is 0 Å². The van der Waals surface area contributed by atoms with E-state index in [2.05, 4.69) is 0 Å². The zero-order chi connectivity index (χ0) is 20.7. The molecule has 1 heterocycles. The van der Waals surface area contributed by atoms with Crippen LogP contribution in [0.3, 0.4) is 0 Å². The van der Waals surface area contributed by atoms with Crippen LogP contribution in [0.5, 0.6) is 11.5 Å². The number of thiocarbonyl (C=S) groups is 1. The third kappa shape index (κ3) is 6.24. The highest BCUT2D eigenvalue weighted by atomic mass is 32.2. The van der Waals surface area contributed by atoms with Crippen molar-refractivity contribution >= 4 is 52.2 Å². The summed E-state index contributed by atoms with van der Waals surface area (Å²) >= 11 is 6.40. The van der Waals surface area contributed by atoms with E-state index in [1.807, 2.05) is 0 Å². The van der Waals surface area contributed by atoms with E-state index in [-0.39, 0.29) is 23.8 Å². The predicted octanol–water partition coefficient (Wildman–Crippen LogP) is 2.70. The first-order valence-electron chi connectivity index (χ1n) is 8.42. The SMILES string of the molecule is O=C(O)CCCCCN1C(=O)/C(=C\c2ccc(O)c(OCC(=O)O)c2)SC1=S. The molecular formula is C18H19NO7S2. The first-order chi connectivity index (χ1) is 13.3. The molecule has 0 saturated carbocycles. The number of carbonyl (C=O) groups excluding carboxylic acids is 1. The van der Waals surface area contributed by atoms with Crippen molar-refractivity contribution in [1.82, 2.24) is 4.90 Å². The third-order valence-electron chi connectivity index (χ3n) is 3.78. The Morgan fingerprint density at radius 2 is 1.93 bits per heavy atom. The van der Waals surface area contributed by atoms with Crippen LogP contribution in [-0.2, 0) is 14.4 Å². The van der Waals surface area contributed by atoms with E-state index >= 15 is 0 Å². The molecule has 1 fully saturated rings. The molecule has 28 heavy (non-hydrogen) atoms. The number of carbonyl (C=O) groups is 3. The van der Waals surface area contributed by atoms with Gasteiger partial charge in [-0.15, -0.1) is 0 Å². The minimum atomic E-state index is -1.17. The topological polar surface area (TPSA) is 124 Å². The number of rotatable bonds is 10. The fourth-order valence-corrected chi connectivity index (χ4v) is 3.75. The van der Waals surface area contributed by atoms with Crippen LogP contribution >= 0.6 is 24.0 Å². The van der Waals surface area contributed by atoms with Gasteiger partial charge in [-0.3, -0.25) is 14.5 Å². The number of thioether (sulfide) groups is 1. The van der Waals surface area contributed by atoms with E-state index in [0.717, 1.165) is 11.8 Å². The van der Waals surface area contributed by atoms with Gasteiger partial charge in [0.25, 0.3) is 5.91 Å². The number of benzene rings is 1. The fraction of sp³-hybridized carbons (Fsp3) is 0.333. The first-order valence-corrected chi connectivity index (χ1v) is 9.65. The number of amides is 1. The molecule has 0 aromatic heterocycles. The van der Waals surface area contributed by atoms with Crippen LogP contribution in [0.25, 0.3) is 6.08 Å². The van der Waals surface area contributed by atoms with Gasteiger partial charge in [-0.2, -0.15) is 0 Å². The lowest BCUT2D eigenvalue weighted by molar-refractivity contribution is -0.139. The van der Waals surface area contributed by atoms with Crippen molar-refractivity contribution in [2.45, 2.75) is 25.7 Å². The Morgan fingerprint density at radius 1 is 1.18 bits per heavy atom. The monoisotopic (exact) mass is 425 g/mol. The van der Waals surface area contributed by atoms with Crippen LogP contribution in [0, 0.1) is 0 Å². The third-order valence-corrected chi connectivity index (χ3v) is 5.16. The number of phenols is 1. The van der Waals surface area contributed by atoms with Gasteiger partial charge in [-0.1, -0.05) is 36.5 Å². The lowest BCUT2D eigenvalue weighted by Crippen LogP contribution is -2.29. The van der Waals surface area contributed by atoms with Crippen molar-refractivity contribution in [3.8, 4) is 11.5 Å². The molecule has 1 amide bonds. The average molecular weight is 425 g/mol. The number of nitrogens with zero attached hydrogens (tertiary/aromatic N) is 1. The van der Waals surface area contributed by atoms with Gasteiger partial charge in [0, 0.05) is 13.0 Å². The summed E-state index contributed by atoms with van der Waals surface area (Å²) in [6.07, 6.45) is 3.58. The van der Waals surface area contributed by atoms with Crippen LogP contribution in [0.15, 0.2) is 23.1 Å². The Balaban J connectivity index is 2.01.